The Balaban J connectivity index is 1.33. The predicted octanol–water partition coefficient (Wildman–Crippen LogP) is 10.7. The van der Waals surface area contributed by atoms with E-state index in [0.29, 0.717) is 0 Å². The van der Waals surface area contributed by atoms with Crippen molar-refractivity contribution in [3.63, 3.8) is 0 Å². The third-order valence-electron chi connectivity index (χ3n) is 8.67. The Morgan fingerprint density at radius 2 is 0.833 bits per heavy atom. The number of para-hydroxylation sites is 3. The van der Waals surface area contributed by atoms with Gasteiger partial charge in [-0.15, -0.1) is 0 Å². The molecule has 0 N–H and O–H groups in total. The summed E-state index contributed by atoms with van der Waals surface area (Å²) in [5.41, 5.74) is 9.69. The van der Waals surface area contributed by atoms with Crippen molar-refractivity contribution in [2.75, 3.05) is 0 Å². The molecule has 0 fully saturated rings. The van der Waals surface area contributed by atoms with Crippen LogP contribution in [0.2, 0.25) is 0 Å². The van der Waals surface area contributed by atoms with Crippen LogP contribution in [0.15, 0.2) is 158 Å². The molecule has 0 radical (unpaired) electrons. The zero-order valence-electron chi connectivity index (χ0n) is 22.9. The van der Waals surface area contributed by atoms with E-state index in [0.717, 1.165) is 0 Å². The van der Waals surface area contributed by atoms with Crippen LogP contribution in [-0.4, -0.2) is 9.13 Å². The number of hydrogen-bond donors (Lipinski definition) is 0. The Kier molecular flexibility index (Phi) is 4.93. The number of hydrogen-bond acceptors (Lipinski definition) is 0. The first-order chi connectivity index (χ1) is 20.8. The summed E-state index contributed by atoms with van der Waals surface area (Å²) in [7, 11) is 0. The molecule has 0 aliphatic heterocycles. The molecule has 2 nitrogen and oxygen atoms in total. The normalized spacial score (nSPS) is 11.8. The maximum atomic E-state index is 2.43. The molecule has 2 aromatic heterocycles. The third kappa shape index (κ3) is 3.39. The molecule has 0 saturated heterocycles. The fourth-order valence-electron chi connectivity index (χ4n) is 6.75. The molecule has 196 valence electrons. The Hall–Kier alpha value is -5.60. The van der Waals surface area contributed by atoms with Crippen molar-refractivity contribution >= 4 is 54.4 Å². The summed E-state index contributed by atoms with van der Waals surface area (Å²) in [5.74, 6) is 0. The minimum atomic E-state index is 1.17. The van der Waals surface area contributed by atoms with Gasteiger partial charge < -0.3 is 9.13 Å². The molecule has 42 heavy (non-hydrogen) atoms. The second-order valence-corrected chi connectivity index (χ2v) is 11.0. The molecule has 0 aliphatic carbocycles. The largest absolute Gasteiger partial charge is 0.309 e. The predicted molar refractivity (Wildman–Crippen MR) is 178 cm³/mol. The number of fused-ring (bicyclic) bond motifs is 7. The SMILES string of the molecule is c1ccc(-c2ccc3cc(-n4c5ccccc5c5cc6c7ccccc7n(-c7ccccc7)c6cc54)ccc3c2)cc1. The van der Waals surface area contributed by atoms with E-state index in [1.807, 2.05) is 0 Å². The van der Waals surface area contributed by atoms with E-state index < -0.39 is 0 Å². The number of nitrogens with zero attached hydrogens (tertiary/aromatic N) is 2. The van der Waals surface area contributed by atoms with Crippen molar-refractivity contribution in [1.29, 1.82) is 0 Å². The summed E-state index contributed by atoms with van der Waals surface area (Å²) in [4.78, 5) is 0. The lowest BCUT2D eigenvalue weighted by molar-refractivity contribution is 1.17. The van der Waals surface area contributed by atoms with E-state index in [1.165, 1.54) is 76.9 Å². The van der Waals surface area contributed by atoms with Crippen LogP contribution >= 0.6 is 0 Å². The van der Waals surface area contributed by atoms with Crippen LogP contribution in [0.3, 0.4) is 0 Å². The van der Waals surface area contributed by atoms with Gasteiger partial charge in [0.05, 0.1) is 22.1 Å². The molecule has 0 bridgehead atoms. The highest BCUT2D eigenvalue weighted by molar-refractivity contribution is 6.19. The Morgan fingerprint density at radius 1 is 0.286 bits per heavy atom. The fraction of sp³-hybridized carbons (Fsp3) is 0. The molecule has 0 saturated carbocycles. The van der Waals surface area contributed by atoms with Crippen LogP contribution in [0.4, 0.5) is 0 Å². The fourth-order valence-corrected chi connectivity index (χ4v) is 6.75. The number of aromatic nitrogens is 2. The molecule has 0 atom stereocenters. The maximum absolute atomic E-state index is 2.43. The average molecular weight is 535 g/mol. The lowest BCUT2D eigenvalue weighted by Crippen LogP contribution is -1.96. The van der Waals surface area contributed by atoms with Crippen molar-refractivity contribution in [2.24, 2.45) is 0 Å². The van der Waals surface area contributed by atoms with Crippen LogP contribution in [-0.2, 0) is 0 Å². The topological polar surface area (TPSA) is 9.86 Å². The van der Waals surface area contributed by atoms with Crippen molar-refractivity contribution in [3.05, 3.63) is 158 Å². The van der Waals surface area contributed by atoms with Gasteiger partial charge in [-0.05, 0) is 76.5 Å². The van der Waals surface area contributed by atoms with Crippen LogP contribution in [0.5, 0.6) is 0 Å². The number of benzene rings is 7. The molecular weight excluding hydrogens is 508 g/mol. The summed E-state index contributed by atoms with van der Waals surface area (Å²) >= 11 is 0. The summed E-state index contributed by atoms with van der Waals surface area (Å²) in [6, 6.07) is 57.2. The van der Waals surface area contributed by atoms with E-state index in [4.69, 9.17) is 0 Å². The van der Waals surface area contributed by atoms with Gasteiger partial charge in [-0.25, -0.2) is 0 Å². The highest BCUT2D eigenvalue weighted by atomic mass is 15.0. The Labute approximate surface area is 243 Å². The van der Waals surface area contributed by atoms with Gasteiger partial charge in [0.15, 0.2) is 0 Å². The van der Waals surface area contributed by atoms with Crippen molar-refractivity contribution in [1.82, 2.24) is 9.13 Å². The van der Waals surface area contributed by atoms with E-state index >= 15 is 0 Å². The molecule has 0 unspecified atom stereocenters. The Morgan fingerprint density at radius 3 is 1.52 bits per heavy atom. The zero-order valence-corrected chi connectivity index (χ0v) is 22.9. The van der Waals surface area contributed by atoms with E-state index in [-0.39, 0.29) is 0 Å². The Bertz CT molecular complexity index is 2440. The van der Waals surface area contributed by atoms with E-state index in [2.05, 4.69) is 167 Å². The average Bonchev–Trinajstić information content (AvgIpc) is 3.56. The van der Waals surface area contributed by atoms with Gasteiger partial charge in [-0.3, -0.25) is 0 Å². The van der Waals surface area contributed by atoms with Crippen LogP contribution in [0.25, 0.3) is 76.9 Å². The smallest absolute Gasteiger partial charge is 0.0562 e. The van der Waals surface area contributed by atoms with Gasteiger partial charge in [0.1, 0.15) is 0 Å². The second kappa shape index (κ2) is 8.95. The lowest BCUT2D eigenvalue weighted by atomic mass is 10.0. The zero-order chi connectivity index (χ0) is 27.6. The van der Waals surface area contributed by atoms with Crippen molar-refractivity contribution in [2.45, 2.75) is 0 Å². The molecule has 2 heteroatoms. The summed E-state index contributed by atoms with van der Waals surface area (Å²) in [6.07, 6.45) is 0. The summed E-state index contributed by atoms with van der Waals surface area (Å²) < 4.78 is 4.83. The van der Waals surface area contributed by atoms with E-state index in [9.17, 15) is 0 Å². The molecule has 0 spiro atoms. The standard InChI is InChI=1S/C40H26N2/c1-3-11-27(12-4-1)28-19-20-30-24-32(22-21-29(30)23-28)42-38-18-10-8-16-34(38)36-25-35-33-15-7-9-17-37(33)41(39(35)26-40(36)42)31-13-5-2-6-14-31/h1-26H. The van der Waals surface area contributed by atoms with Crippen LogP contribution in [0, 0.1) is 0 Å². The van der Waals surface area contributed by atoms with Crippen LogP contribution in [0.1, 0.15) is 0 Å². The lowest BCUT2D eigenvalue weighted by Gasteiger charge is -2.11. The first-order valence-corrected chi connectivity index (χ1v) is 14.4. The molecule has 9 rings (SSSR count). The highest BCUT2D eigenvalue weighted by Crippen LogP contribution is 2.40. The molecule has 0 amide bonds. The minimum absolute atomic E-state index is 1.17. The van der Waals surface area contributed by atoms with Gasteiger partial charge >= 0.3 is 0 Å². The molecular formula is C40H26N2. The maximum Gasteiger partial charge on any atom is 0.0562 e. The highest BCUT2D eigenvalue weighted by Gasteiger charge is 2.18. The minimum Gasteiger partial charge on any atom is -0.309 e. The first kappa shape index (κ1) is 23.1. The second-order valence-electron chi connectivity index (χ2n) is 11.0. The van der Waals surface area contributed by atoms with Crippen LogP contribution < -0.4 is 0 Å². The van der Waals surface area contributed by atoms with Gasteiger partial charge in [0, 0.05) is 32.9 Å². The van der Waals surface area contributed by atoms with Crippen molar-refractivity contribution in [3.8, 4) is 22.5 Å². The molecule has 7 aromatic carbocycles. The summed E-state index contributed by atoms with van der Waals surface area (Å²) in [6.45, 7) is 0. The summed E-state index contributed by atoms with van der Waals surface area (Å²) in [5, 5.41) is 7.57. The van der Waals surface area contributed by atoms with Gasteiger partial charge in [0.2, 0.25) is 0 Å². The quantitative estimate of drug-likeness (QED) is 0.213. The first-order valence-electron chi connectivity index (χ1n) is 14.4. The monoisotopic (exact) mass is 534 g/mol. The molecule has 0 aliphatic rings. The van der Waals surface area contributed by atoms with Gasteiger partial charge in [-0.1, -0.05) is 103 Å². The van der Waals surface area contributed by atoms with Gasteiger partial charge in [-0.2, -0.15) is 0 Å². The van der Waals surface area contributed by atoms with E-state index in [1.54, 1.807) is 0 Å². The third-order valence-corrected chi connectivity index (χ3v) is 8.67. The van der Waals surface area contributed by atoms with Gasteiger partial charge in [0.25, 0.3) is 0 Å². The number of rotatable bonds is 3. The van der Waals surface area contributed by atoms with Crippen molar-refractivity contribution < 1.29 is 0 Å². The molecule has 9 aromatic rings. The molecule has 2 heterocycles.